The molecular formula is C13H27ClN2O4S. The van der Waals surface area contributed by atoms with Crippen LogP contribution >= 0.6 is 12.4 Å². The molecule has 1 heterocycles. The lowest BCUT2D eigenvalue weighted by molar-refractivity contribution is -0.121. The molecular weight excluding hydrogens is 316 g/mol. The van der Waals surface area contributed by atoms with Gasteiger partial charge in [-0.1, -0.05) is 0 Å². The molecule has 8 heteroatoms. The Labute approximate surface area is 133 Å². The van der Waals surface area contributed by atoms with Gasteiger partial charge in [-0.25, -0.2) is 8.42 Å². The number of rotatable bonds is 9. The fraction of sp³-hybridized carbons (Fsp3) is 0.923. The molecule has 0 aromatic rings. The van der Waals surface area contributed by atoms with E-state index in [1.54, 1.807) is 0 Å². The Morgan fingerprint density at radius 1 is 1.29 bits per heavy atom. The molecule has 1 rings (SSSR count). The first-order valence-electron chi connectivity index (χ1n) is 7.20. The second kappa shape index (κ2) is 11.2. The van der Waals surface area contributed by atoms with Gasteiger partial charge in [0.25, 0.3) is 0 Å². The number of carbonyl (C=O) groups is 1. The molecule has 0 aliphatic carbocycles. The predicted octanol–water partition coefficient (Wildman–Crippen LogP) is 0.365. The van der Waals surface area contributed by atoms with Crippen LogP contribution in [-0.2, 0) is 19.4 Å². The molecule has 126 valence electrons. The summed E-state index contributed by atoms with van der Waals surface area (Å²) in [6, 6.07) is 0. The monoisotopic (exact) mass is 342 g/mol. The lowest BCUT2D eigenvalue weighted by atomic mass is 9.93. The third-order valence-electron chi connectivity index (χ3n) is 3.41. The van der Waals surface area contributed by atoms with Crippen LogP contribution in [0.3, 0.4) is 0 Å². The molecule has 0 saturated carbocycles. The van der Waals surface area contributed by atoms with E-state index >= 15 is 0 Å². The molecule has 0 atom stereocenters. The van der Waals surface area contributed by atoms with Crippen molar-refractivity contribution in [3.05, 3.63) is 0 Å². The first-order chi connectivity index (χ1) is 9.47. The molecule has 1 aliphatic rings. The highest BCUT2D eigenvalue weighted by Crippen LogP contribution is 2.17. The molecule has 1 aliphatic heterocycles. The van der Waals surface area contributed by atoms with E-state index in [4.69, 9.17) is 4.74 Å². The summed E-state index contributed by atoms with van der Waals surface area (Å²) in [7, 11) is -2.97. The third-order valence-corrected chi connectivity index (χ3v) is 4.31. The van der Waals surface area contributed by atoms with Gasteiger partial charge >= 0.3 is 0 Å². The minimum atomic E-state index is -2.97. The highest BCUT2D eigenvalue weighted by atomic mass is 35.5. The zero-order chi connectivity index (χ0) is 14.8. The van der Waals surface area contributed by atoms with Crippen molar-refractivity contribution in [2.75, 3.05) is 44.9 Å². The average molecular weight is 343 g/mol. The molecule has 2 N–H and O–H groups in total. The second-order valence-electron chi connectivity index (χ2n) is 5.32. The van der Waals surface area contributed by atoms with E-state index in [-0.39, 0.29) is 30.7 Å². The van der Waals surface area contributed by atoms with Gasteiger partial charge in [-0.2, -0.15) is 0 Å². The molecule has 1 fully saturated rings. The minimum Gasteiger partial charge on any atom is -0.379 e. The van der Waals surface area contributed by atoms with Gasteiger partial charge in [0.15, 0.2) is 0 Å². The van der Waals surface area contributed by atoms with Crippen LogP contribution in [0.25, 0.3) is 0 Å². The van der Waals surface area contributed by atoms with E-state index in [1.807, 2.05) is 0 Å². The van der Waals surface area contributed by atoms with E-state index in [9.17, 15) is 13.2 Å². The number of hydrogen-bond acceptors (Lipinski definition) is 5. The quantitative estimate of drug-likeness (QED) is 0.591. The Morgan fingerprint density at radius 2 is 1.95 bits per heavy atom. The smallest absolute Gasteiger partial charge is 0.220 e. The first kappa shape index (κ1) is 20.6. The normalized spacial score (nSPS) is 16.2. The van der Waals surface area contributed by atoms with Gasteiger partial charge < -0.3 is 15.4 Å². The SMILES string of the molecule is CS(=O)(=O)CCOCCNC(=O)CCC1CCNCC1.Cl. The van der Waals surface area contributed by atoms with Crippen LogP contribution in [0.5, 0.6) is 0 Å². The summed E-state index contributed by atoms with van der Waals surface area (Å²) in [6.45, 7) is 3.09. The molecule has 6 nitrogen and oxygen atoms in total. The van der Waals surface area contributed by atoms with Gasteiger partial charge in [0.2, 0.25) is 5.91 Å². The van der Waals surface area contributed by atoms with Crippen molar-refractivity contribution >= 4 is 28.2 Å². The molecule has 21 heavy (non-hydrogen) atoms. The van der Waals surface area contributed by atoms with Gasteiger partial charge in [-0.05, 0) is 38.3 Å². The number of carbonyl (C=O) groups excluding carboxylic acids is 1. The molecule has 0 aromatic carbocycles. The lowest BCUT2D eigenvalue weighted by Crippen LogP contribution is -2.30. The van der Waals surface area contributed by atoms with Crippen LogP contribution in [0.1, 0.15) is 25.7 Å². The number of amides is 1. The maximum absolute atomic E-state index is 11.6. The van der Waals surface area contributed by atoms with Crippen molar-refractivity contribution in [1.29, 1.82) is 0 Å². The molecule has 1 amide bonds. The van der Waals surface area contributed by atoms with E-state index in [1.165, 1.54) is 6.26 Å². The number of sulfone groups is 1. The van der Waals surface area contributed by atoms with Crippen molar-refractivity contribution in [2.24, 2.45) is 5.92 Å². The van der Waals surface area contributed by atoms with Gasteiger partial charge in [0.1, 0.15) is 9.84 Å². The summed E-state index contributed by atoms with van der Waals surface area (Å²) in [6.07, 6.45) is 5.00. The van der Waals surface area contributed by atoms with Gasteiger partial charge in [0, 0.05) is 19.2 Å². The molecule has 0 aromatic heterocycles. The fourth-order valence-electron chi connectivity index (χ4n) is 2.17. The number of piperidine rings is 1. The van der Waals surface area contributed by atoms with Crippen LogP contribution < -0.4 is 10.6 Å². The maximum Gasteiger partial charge on any atom is 0.220 e. The van der Waals surface area contributed by atoms with E-state index < -0.39 is 9.84 Å². The Balaban J connectivity index is 0.00000400. The van der Waals surface area contributed by atoms with Crippen molar-refractivity contribution in [3.8, 4) is 0 Å². The highest BCUT2D eigenvalue weighted by Gasteiger charge is 2.14. The third kappa shape index (κ3) is 11.9. The zero-order valence-corrected chi connectivity index (χ0v) is 14.2. The van der Waals surface area contributed by atoms with Gasteiger partial charge in [-0.3, -0.25) is 4.79 Å². The van der Waals surface area contributed by atoms with E-state index in [2.05, 4.69) is 10.6 Å². The highest BCUT2D eigenvalue weighted by molar-refractivity contribution is 7.90. The van der Waals surface area contributed by atoms with Gasteiger partial charge in [-0.15, -0.1) is 12.4 Å². The average Bonchev–Trinajstić information content (AvgIpc) is 2.40. The number of halogens is 1. The van der Waals surface area contributed by atoms with Gasteiger partial charge in [0.05, 0.1) is 19.0 Å². The summed E-state index contributed by atoms with van der Waals surface area (Å²) in [4.78, 5) is 11.6. The lowest BCUT2D eigenvalue weighted by Gasteiger charge is -2.22. The van der Waals surface area contributed by atoms with Crippen LogP contribution in [0.2, 0.25) is 0 Å². The Hall–Kier alpha value is -0.370. The summed E-state index contributed by atoms with van der Waals surface area (Å²) >= 11 is 0. The standard InChI is InChI=1S/C13H26N2O4S.ClH/c1-20(17,18)11-10-19-9-8-15-13(16)3-2-12-4-6-14-7-5-12;/h12,14H,2-11H2,1H3,(H,15,16);1H. The fourth-order valence-corrected chi connectivity index (χ4v) is 2.59. The molecule has 0 bridgehead atoms. The molecule has 0 spiro atoms. The van der Waals surface area contributed by atoms with Crippen LogP contribution in [0.4, 0.5) is 0 Å². The van der Waals surface area contributed by atoms with Crippen LogP contribution in [0.15, 0.2) is 0 Å². The summed E-state index contributed by atoms with van der Waals surface area (Å²) in [5, 5.41) is 6.10. The Morgan fingerprint density at radius 3 is 2.57 bits per heavy atom. The maximum atomic E-state index is 11.6. The van der Waals surface area contributed by atoms with Crippen molar-refractivity contribution in [3.63, 3.8) is 0 Å². The minimum absolute atomic E-state index is 0. The predicted molar refractivity (Wildman–Crippen MR) is 85.6 cm³/mol. The zero-order valence-electron chi connectivity index (χ0n) is 12.6. The van der Waals surface area contributed by atoms with Crippen LogP contribution in [-0.4, -0.2) is 59.2 Å². The second-order valence-corrected chi connectivity index (χ2v) is 7.58. The summed E-state index contributed by atoms with van der Waals surface area (Å²) in [5.41, 5.74) is 0. The number of ether oxygens (including phenoxy) is 1. The number of hydrogen-bond donors (Lipinski definition) is 2. The molecule has 0 radical (unpaired) electrons. The van der Waals surface area contributed by atoms with E-state index in [0.717, 1.165) is 32.4 Å². The number of nitrogens with one attached hydrogen (secondary N) is 2. The van der Waals surface area contributed by atoms with Crippen LogP contribution in [0, 0.1) is 5.92 Å². The Kier molecular flexibility index (Phi) is 11.0. The first-order valence-corrected chi connectivity index (χ1v) is 9.26. The summed E-state index contributed by atoms with van der Waals surface area (Å²) < 4.78 is 26.9. The topological polar surface area (TPSA) is 84.5 Å². The molecule has 1 saturated heterocycles. The van der Waals surface area contributed by atoms with Crippen molar-refractivity contribution in [1.82, 2.24) is 10.6 Å². The van der Waals surface area contributed by atoms with Crippen molar-refractivity contribution < 1.29 is 17.9 Å². The Bertz CT molecular complexity index is 384. The van der Waals surface area contributed by atoms with Crippen molar-refractivity contribution in [2.45, 2.75) is 25.7 Å². The van der Waals surface area contributed by atoms with E-state index in [0.29, 0.717) is 25.5 Å². The molecule has 0 unspecified atom stereocenters. The largest absolute Gasteiger partial charge is 0.379 e. The summed E-state index contributed by atoms with van der Waals surface area (Å²) in [5.74, 6) is 0.736.